The summed E-state index contributed by atoms with van der Waals surface area (Å²) in [6.07, 6.45) is -17.3. The third kappa shape index (κ3) is 7.11. The minimum absolute atomic E-state index is 0.0273. The monoisotopic (exact) mass is 942 g/mol. The number of rotatable bonds is 9. The third-order valence-electron chi connectivity index (χ3n) is 19.6. The van der Waals surface area contributed by atoms with Crippen molar-refractivity contribution in [2.45, 2.75) is 197 Å². The Labute approximate surface area is 384 Å². The molecule has 12 N–H and O–H groups in total. The summed E-state index contributed by atoms with van der Waals surface area (Å²) in [5.41, 5.74) is -1.01. The number of carbonyl (C=O) groups excluding carboxylic acids is 1. The molecular weight excluding hydrogens is 868 g/mol. The second-order valence-corrected chi connectivity index (χ2v) is 22.6. The predicted molar refractivity (Wildman–Crippen MR) is 225 cm³/mol. The molecule has 0 amide bonds. The summed E-state index contributed by atoms with van der Waals surface area (Å²) in [5, 5.41) is 129. The molecule has 8 fully saturated rings. The van der Waals surface area contributed by atoms with Gasteiger partial charge < -0.3 is 89.7 Å². The van der Waals surface area contributed by atoms with E-state index in [1.807, 2.05) is 6.92 Å². The van der Waals surface area contributed by atoms with Gasteiger partial charge in [0.15, 0.2) is 12.6 Å². The number of ether oxygens (including phenoxy) is 6. The number of aliphatic hydroxyl groups excluding tert-OH is 12. The van der Waals surface area contributed by atoms with Crippen LogP contribution in [0.2, 0.25) is 0 Å². The summed E-state index contributed by atoms with van der Waals surface area (Å²) in [7, 11) is 0. The number of allylic oxidation sites excluding steroid dienone is 2. The van der Waals surface area contributed by atoms with Crippen LogP contribution in [-0.4, -0.2) is 191 Å². The highest BCUT2D eigenvalue weighted by molar-refractivity contribution is 5.79. The van der Waals surface area contributed by atoms with Gasteiger partial charge in [-0.1, -0.05) is 39.3 Å². The highest BCUT2D eigenvalue weighted by Crippen LogP contribution is 2.87. The number of carbonyl (C=O) groups is 1. The highest BCUT2D eigenvalue weighted by atomic mass is 16.8. The number of hydrogen-bond donors (Lipinski definition) is 12. The molecule has 376 valence electrons. The van der Waals surface area contributed by atoms with Gasteiger partial charge in [-0.15, -0.1) is 0 Å². The van der Waals surface area contributed by atoms with E-state index in [4.69, 9.17) is 28.4 Å². The molecule has 0 aromatic carbocycles. The largest absolute Gasteiger partial charge is 0.432 e. The number of aliphatic hydroxyl groups is 12. The summed E-state index contributed by atoms with van der Waals surface area (Å²) in [5.74, 6) is -0.106. The van der Waals surface area contributed by atoms with Gasteiger partial charge in [0.05, 0.1) is 43.5 Å². The molecule has 3 saturated heterocycles. The molecule has 19 nitrogen and oxygen atoms in total. The summed E-state index contributed by atoms with van der Waals surface area (Å²) in [6.45, 7) is 8.38. The second kappa shape index (κ2) is 17.4. The fourth-order valence-corrected chi connectivity index (χ4v) is 15.6. The van der Waals surface area contributed by atoms with E-state index in [0.717, 1.165) is 38.5 Å². The maximum Gasteiger partial charge on any atom is 0.315 e. The van der Waals surface area contributed by atoms with Crippen molar-refractivity contribution in [3.8, 4) is 0 Å². The molecular formula is C47H74O19. The van der Waals surface area contributed by atoms with Crippen LogP contribution in [0.15, 0.2) is 11.6 Å². The Balaban J connectivity index is 0.899. The molecule has 2 spiro atoms. The van der Waals surface area contributed by atoms with Gasteiger partial charge in [0.2, 0.25) is 6.29 Å². The number of hydrogen-bond acceptors (Lipinski definition) is 19. The van der Waals surface area contributed by atoms with Crippen LogP contribution >= 0.6 is 0 Å². The predicted octanol–water partition coefficient (Wildman–Crippen LogP) is -1.67. The van der Waals surface area contributed by atoms with Crippen molar-refractivity contribution in [2.24, 2.45) is 56.7 Å². The molecule has 0 aromatic heterocycles. The van der Waals surface area contributed by atoms with Crippen LogP contribution in [0.3, 0.4) is 0 Å². The van der Waals surface area contributed by atoms with Crippen molar-refractivity contribution in [3.63, 3.8) is 0 Å². The summed E-state index contributed by atoms with van der Waals surface area (Å²) < 4.78 is 34.7. The lowest BCUT2D eigenvalue weighted by atomic mass is 9.40. The highest BCUT2D eigenvalue weighted by Gasteiger charge is 2.81. The summed E-state index contributed by atoms with van der Waals surface area (Å²) >= 11 is 0. The quantitative estimate of drug-likeness (QED) is 0.0909. The van der Waals surface area contributed by atoms with Gasteiger partial charge in [-0.2, -0.15) is 0 Å². The maximum atomic E-state index is 14.9. The zero-order valence-electron chi connectivity index (χ0n) is 38.5. The normalized spacial score (nSPS) is 57.8. The SMILES string of the molecule is CC1CCC2(C(=O)OC3OC(COC4OC(CO)C(OC5OC(C)C(O)C(O)C5O)C(O)C4O)C(O)C(O)C3O)CCC34CC35CCC3C(C)(CO)C(O)C(O)CC3(C)C5CC=C4C2C1C. The molecule has 66 heavy (non-hydrogen) atoms. The van der Waals surface area contributed by atoms with Crippen LogP contribution in [0.5, 0.6) is 0 Å². The molecule has 9 rings (SSSR count). The zero-order chi connectivity index (χ0) is 47.8. The van der Waals surface area contributed by atoms with Crippen molar-refractivity contribution in [3.05, 3.63) is 11.6 Å². The smallest absolute Gasteiger partial charge is 0.315 e. The van der Waals surface area contributed by atoms with E-state index in [-0.39, 0.29) is 46.5 Å². The minimum Gasteiger partial charge on any atom is -0.432 e. The number of esters is 1. The lowest BCUT2D eigenvalue weighted by Gasteiger charge is -2.65. The van der Waals surface area contributed by atoms with E-state index in [1.165, 1.54) is 12.5 Å². The summed E-state index contributed by atoms with van der Waals surface area (Å²) in [4.78, 5) is 14.9. The number of fused-ring (bicyclic) bond motifs is 4. The van der Waals surface area contributed by atoms with E-state index < -0.39 is 134 Å². The first-order valence-electron chi connectivity index (χ1n) is 24.2. The zero-order valence-corrected chi connectivity index (χ0v) is 38.5. The molecule has 3 heterocycles. The molecule has 19 heteroatoms. The molecule has 27 atom stereocenters. The van der Waals surface area contributed by atoms with Gasteiger partial charge >= 0.3 is 5.97 Å². The van der Waals surface area contributed by atoms with Gasteiger partial charge in [0.25, 0.3) is 0 Å². The van der Waals surface area contributed by atoms with E-state index in [0.29, 0.717) is 25.2 Å². The Morgan fingerprint density at radius 1 is 0.727 bits per heavy atom. The fraction of sp³-hybridized carbons (Fsp3) is 0.936. The standard InChI is InChI=1S/C47H74O19/c1-19-8-10-45(12-13-46-17-47(46)11-9-26-43(4,14-23(50)38(59)44(26,5)18-49)27(47)7-6-22(46)28(45)20(19)2)42(60)66-41-35(57)32(54)30(52)25(64-41)16-61-39-36(58)33(55)37(24(15-48)63-39)65-40-34(56)31(53)29(51)21(3)62-40/h6,19-21,23-41,48-59H,7-18H2,1-5H3. The molecule has 9 aliphatic rings. The van der Waals surface area contributed by atoms with Crippen LogP contribution in [0.25, 0.3) is 0 Å². The van der Waals surface area contributed by atoms with Crippen molar-refractivity contribution >= 4 is 5.97 Å². The van der Waals surface area contributed by atoms with E-state index >= 15 is 0 Å². The Kier molecular flexibility index (Phi) is 13.0. The van der Waals surface area contributed by atoms with Gasteiger partial charge in [-0.3, -0.25) is 4.79 Å². The third-order valence-corrected chi connectivity index (χ3v) is 19.6. The van der Waals surface area contributed by atoms with Gasteiger partial charge in [0.1, 0.15) is 67.1 Å². The average molecular weight is 943 g/mol. The lowest BCUT2D eigenvalue weighted by molar-refractivity contribution is -0.361. The molecule has 0 aromatic rings. The van der Waals surface area contributed by atoms with Crippen LogP contribution in [0.1, 0.15) is 92.4 Å². The van der Waals surface area contributed by atoms with Crippen molar-refractivity contribution < 1.29 is 94.5 Å². The van der Waals surface area contributed by atoms with Crippen LogP contribution in [-0.2, 0) is 33.2 Å². The van der Waals surface area contributed by atoms with E-state index in [2.05, 4.69) is 26.8 Å². The van der Waals surface area contributed by atoms with Gasteiger partial charge in [0, 0.05) is 5.41 Å². The minimum atomic E-state index is -1.85. The van der Waals surface area contributed by atoms with E-state index in [9.17, 15) is 66.1 Å². The first kappa shape index (κ1) is 49.5. The molecule has 0 bridgehead atoms. The molecule has 3 aliphatic heterocycles. The lowest BCUT2D eigenvalue weighted by Crippen LogP contribution is -2.65. The summed E-state index contributed by atoms with van der Waals surface area (Å²) in [6, 6.07) is 0. The first-order chi connectivity index (χ1) is 31.1. The van der Waals surface area contributed by atoms with Crippen molar-refractivity contribution in [2.75, 3.05) is 19.8 Å². The Bertz CT molecular complexity index is 1840. The molecule has 27 unspecified atom stereocenters. The van der Waals surface area contributed by atoms with Crippen LogP contribution in [0, 0.1) is 56.7 Å². The van der Waals surface area contributed by atoms with Crippen molar-refractivity contribution in [1.82, 2.24) is 0 Å². The Morgan fingerprint density at radius 3 is 2.09 bits per heavy atom. The van der Waals surface area contributed by atoms with Gasteiger partial charge in [-0.05, 0) is 111 Å². The molecule has 6 aliphatic carbocycles. The second-order valence-electron chi connectivity index (χ2n) is 22.6. The maximum absolute atomic E-state index is 14.9. The van der Waals surface area contributed by atoms with E-state index in [1.54, 1.807) is 0 Å². The topological polar surface area (TPSA) is 315 Å². The molecule has 0 radical (unpaired) electrons. The van der Waals surface area contributed by atoms with Crippen LogP contribution in [0.4, 0.5) is 0 Å². The van der Waals surface area contributed by atoms with Gasteiger partial charge in [-0.25, -0.2) is 0 Å². The molecule has 5 saturated carbocycles. The Morgan fingerprint density at radius 2 is 1.39 bits per heavy atom. The average Bonchev–Trinajstić information content (AvgIpc) is 3.96. The van der Waals surface area contributed by atoms with Crippen LogP contribution < -0.4 is 0 Å². The Hall–Kier alpha value is -1.47. The van der Waals surface area contributed by atoms with Crippen molar-refractivity contribution in [1.29, 1.82) is 0 Å². The first-order valence-corrected chi connectivity index (χ1v) is 24.2. The fourth-order valence-electron chi connectivity index (χ4n) is 15.6.